The molecule has 0 aliphatic heterocycles. The fourth-order valence-corrected chi connectivity index (χ4v) is 4.06. The number of ether oxygens (including phenoxy) is 1. The fourth-order valence-electron chi connectivity index (χ4n) is 4.06. The number of carbonyl (C=O) groups is 1. The van der Waals surface area contributed by atoms with Crippen molar-refractivity contribution in [1.29, 1.82) is 0 Å². The smallest absolute Gasteiger partial charge is 0.163 e. The average Bonchev–Trinajstić information content (AvgIpc) is 3.24. The number of imidazole rings is 1. The van der Waals surface area contributed by atoms with Crippen LogP contribution in [0.15, 0.2) is 60.9 Å². The molecule has 0 fully saturated rings. The van der Waals surface area contributed by atoms with Crippen LogP contribution in [0.2, 0.25) is 0 Å². The Bertz CT molecular complexity index is 1030. The highest BCUT2D eigenvalue weighted by atomic mass is 16.5. The number of Topliss-reactive ketones (excluding diaryl/α,β-unsaturated/α-hetero) is 1. The van der Waals surface area contributed by atoms with Gasteiger partial charge in [-0.3, -0.25) is 4.79 Å². The van der Waals surface area contributed by atoms with Gasteiger partial charge in [0.25, 0.3) is 0 Å². The van der Waals surface area contributed by atoms with E-state index in [0.29, 0.717) is 13.0 Å². The highest BCUT2D eigenvalue weighted by Gasteiger charge is 2.22. The second kappa shape index (κ2) is 8.48. The number of rotatable bonds is 7. The molecule has 0 unspecified atom stereocenters. The standard InChI is InChI=1S/C25H26N2O2/c1-17(2)16-22-20-8-5-9-23(28)21(20)10-11-24(22)29-15-12-18-6-3-4-7-19(18)25-26-13-14-27-25/h3-4,6-7,10-11,13-14H,1,5,8-9,12,15-16H2,2H3,(H,26,27). The molecular formula is C25H26N2O2. The molecular weight excluding hydrogens is 360 g/mol. The zero-order valence-corrected chi connectivity index (χ0v) is 16.8. The second-order valence-electron chi connectivity index (χ2n) is 7.67. The van der Waals surface area contributed by atoms with Crippen LogP contribution in [0.3, 0.4) is 0 Å². The van der Waals surface area contributed by atoms with Gasteiger partial charge in [0.1, 0.15) is 11.6 Å². The molecule has 0 amide bonds. The number of benzene rings is 2. The minimum atomic E-state index is 0.244. The molecule has 0 bridgehead atoms. The van der Waals surface area contributed by atoms with Gasteiger partial charge in [-0.15, -0.1) is 0 Å². The number of nitrogens with one attached hydrogen (secondary N) is 1. The molecule has 148 valence electrons. The number of fused-ring (bicyclic) bond motifs is 1. The highest BCUT2D eigenvalue weighted by molar-refractivity contribution is 5.99. The van der Waals surface area contributed by atoms with Crippen LogP contribution in [0.4, 0.5) is 0 Å². The molecule has 1 aliphatic rings. The van der Waals surface area contributed by atoms with Crippen LogP contribution < -0.4 is 4.74 Å². The summed E-state index contributed by atoms with van der Waals surface area (Å²) in [4.78, 5) is 19.9. The van der Waals surface area contributed by atoms with E-state index in [2.05, 4.69) is 28.7 Å². The van der Waals surface area contributed by atoms with Gasteiger partial charge >= 0.3 is 0 Å². The maximum atomic E-state index is 12.3. The molecule has 0 spiro atoms. The van der Waals surface area contributed by atoms with E-state index >= 15 is 0 Å². The van der Waals surface area contributed by atoms with Gasteiger partial charge in [-0.05, 0) is 49.4 Å². The molecule has 3 aromatic rings. The number of aromatic nitrogens is 2. The zero-order valence-electron chi connectivity index (χ0n) is 16.8. The summed E-state index contributed by atoms with van der Waals surface area (Å²) >= 11 is 0. The largest absolute Gasteiger partial charge is 0.493 e. The van der Waals surface area contributed by atoms with Crippen molar-refractivity contribution in [2.24, 2.45) is 0 Å². The number of H-pyrrole nitrogens is 1. The van der Waals surface area contributed by atoms with Gasteiger partial charge in [-0.25, -0.2) is 4.98 Å². The summed E-state index contributed by atoms with van der Waals surface area (Å²) in [6.45, 7) is 6.66. The number of aromatic amines is 1. The Hall–Kier alpha value is -3.14. The molecule has 0 saturated carbocycles. The van der Waals surface area contributed by atoms with E-state index in [9.17, 15) is 4.79 Å². The Balaban J connectivity index is 1.55. The van der Waals surface area contributed by atoms with Crippen LogP contribution in [-0.4, -0.2) is 22.4 Å². The van der Waals surface area contributed by atoms with Gasteiger partial charge in [0, 0.05) is 41.9 Å². The van der Waals surface area contributed by atoms with E-state index < -0.39 is 0 Å². The van der Waals surface area contributed by atoms with Crippen molar-refractivity contribution in [2.75, 3.05) is 6.61 Å². The Labute approximate surface area is 171 Å². The van der Waals surface area contributed by atoms with E-state index in [1.165, 1.54) is 5.56 Å². The molecule has 2 aromatic carbocycles. The van der Waals surface area contributed by atoms with Crippen molar-refractivity contribution in [1.82, 2.24) is 9.97 Å². The minimum Gasteiger partial charge on any atom is -0.493 e. The van der Waals surface area contributed by atoms with Gasteiger partial charge < -0.3 is 9.72 Å². The van der Waals surface area contributed by atoms with Crippen LogP contribution in [0.25, 0.3) is 11.4 Å². The van der Waals surface area contributed by atoms with Gasteiger partial charge in [0.05, 0.1) is 6.61 Å². The van der Waals surface area contributed by atoms with Crippen LogP contribution in [0.1, 0.15) is 46.8 Å². The Kier molecular flexibility index (Phi) is 5.61. The third kappa shape index (κ3) is 4.16. The molecule has 4 heteroatoms. The molecule has 0 saturated heterocycles. The first-order valence-corrected chi connectivity index (χ1v) is 10.2. The number of hydrogen-bond donors (Lipinski definition) is 1. The Morgan fingerprint density at radius 3 is 2.83 bits per heavy atom. The highest BCUT2D eigenvalue weighted by Crippen LogP contribution is 2.33. The van der Waals surface area contributed by atoms with Crippen LogP contribution in [-0.2, 0) is 19.3 Å². The molecule has 1 aromatic heterocycles. The van der Waals surface area contributed by atoms with Crippen molar-refractivity contribution in [3.8, 4) is 17.1 Å². The minimum absolute atomic E-state index is 0.244. The topological polar surface area (TPSA) is 55.0 Å². The molecule has 0 atom stereocenters. The lowest BCUT2D eigenvalue weighted by Crippen LogP contribution is -2.15. The van der Waals surface area contributed by atoms with E-state index in [0.717, 1.165) is 65.1 Å². The number of carbonyl (C=O) groups excluding carboxylic acids is 1. The second-order valence-corrected chi connectivity index (χ2v) is 7.67. The SMILES string of the molecule is C=C(C)Cc1c(OCCc2ccccc2-c2ncc[nH]2)ccc2c1CCCC2=O. The Morgan fingerprint density at radius 2 is 2.03 bits per heavy atom. The number of nitrogens with zero attached hydrogens (tertiary/aromatic N) is 1. The van der Waals surface area contributed by atoms with E-state index in [1.54, 1.807) is 6.20 Å². The average molecular weight is 386 g/mol. The lowest BCUT2D eigenvalue weighted by atomic mass is 9.85. The van der Waals surface area contributed by atoms with Crippen LogP contribution in [0, 0.1) is 0 Å². The fraction of sp³-hybridized carbons (Fsp3) is 0.280. The molecule has 1 heterocycles. The molecule has 1 aliphatic carbocycles. The van der Waals surface area contributed by atoms with Gasteiger partial charge in [0.15, 0.2) is 5.78 Å². The number of hydrogen-bond acceptors (Lipinski definition) is 3. The van der Waals surface area contributed by atoms with E-state index in [4.69, 9.17) is 4.74 Å². The first-order valence-electron chi connectivity index (χ1n) is 10.2. The lowest BCUT2D eigenvalue weighted by molar-refractivity contribution is 0.0972. The lowest BCUT2D eigenvalue weighted by Gasteiger charge is -2.22. The van der Waals surface area contributed by atoms with Crippen molar-refractivity contribution in [2.45, 2.75) is 39.0 Å². The maximum Gasteiger partial charge on any atom is 0.163 e. The van der Waals surface area contributed by atoms with Gasteiger partial charge in [-0.2, -0.15) is 0 Å². The number of allylic oxidation sites excluding steroid dienone is 1. The predicted octanol–water partition coefficient (Wildman–Crippen LogP) is 5.34. The summed E-state index contributed by atoms with van der Waals surface area (Å²) in [5.74, 6) is 1.99. The quantitative estimate of drug-likeness (QED) is 0.558. The van der Waals surface area contributed by atoms with Crippen molar-refractivity contribution >= 4 is 5.78 Å². The third-order valence-electron chi connectivity index (χ3n) is 5.40. The molecule has 4 nitrogen and oxygen atoms in total. The summed E-state index contributed by atoms with van der Waals surface area (Å²) in [6.07, 6.45) is 7.61. The van der Waals surface area contributed by atoms with Gasteiger partial charge in [-0.1, -0.05) is 36.4 Å². The molecule has 4 rings (SSSR count). The third-order valence-corrected chi connectivity index (χ3v) is 5.40. The first kappa shape index (κ1) is 19.2. The molecule has 1 N–H and O–H groups in total. The summed E-state index contributed by atoms with van der Waals surface area (Å²) in [5, 5.41) is 0. The van der Waals surface area contributed by atoms with E-state index in [-0.39, 0.29) is 5.78 Å². The van der Waals surface area contributed by atoms with Crippen LogP contribution in [0.5, 0.6) is 5.75 Å². The predicted molar refractivity (Wildman–Crippen MR) is 115 cm³/mol. The summed E-state index contributed by atoms with van der Waals surface area (Å²) in [7, 11) is 0. The van der Waals surface area contributed by atoms with Crippen molar-refractivity contribution in [3.63, 3.8) is 0 Å². The molecule has 0 radical (unpaired) electrons. The van der Waals surface area contributed by atoms with Gasteiger partial charge in [0.2, 0.25) is 0 Å². The Morgan fingerprint density at radius 1 is 1.17 bits per heavy atom. The first-order chi connectivity index (χ1) is 14.1. The monoisotopic (exact) mass is 386 g/mol. The molecule has 29 heavy (non-hydrogen) atoms. The number of ketones is 1. The normalized spacial score (nSPS) is 13.2. The van der Waals surface area contributed by atoms with E-state index in [1.807, 2.05) is 37.4 Å². The van der Waals surface area contributed by atoms with Crippen LogP contribution >= 0.6 is 0 Å². The summed E-state index contributed by atoms with van der Waals surface area (Å²) in [5.41, 5.74) is 6.50. The summed E-state index contributed by atoms with van der Waals surface area (Å²) < 4.78 is 6.23. The zero-order chi connectivity index (χ0) is 20.2. The van der Waals surface area contributed by atoms with Crippen molar-refractivity contribution < 1.29 is 9.53 Å². The maximum absolute atomic E-state index is 12.3. The summed E-state index contributed by atoms with van der Waals surface area (Å²) in [6, 6.07) is 12.1. The van der Waals surface area contributed by atoms with Crippen molar-refractivity contribution in [3.05, 3.63) is 83.2 Å².